The highest BCUT2D eigenvalue weighted by Crippen LogP contribution is 2.15. The molecule has 0 radical (unpaired) electrons. The Kier molecular flexibility index (Phi) is 7.89. The Morgan fingerprint density at radius 2 is 1.76 bits per heavy atom. The van der Waals surface area contributed by atoms with Crippen molar-refractivity contribution in [2.24, 2.45) is 5.92 Å². The van der Waals surface area contributed by atoms with Gasteiger partial charge in [0.15, 0.2) is 0 Å². The molecular weight excluding hydrogens is 342 g/mol. The Hall–Kier alpha value is -1.60. The number of carbonyl (C=O) groups is 1. The summed E-state index contributed by atoms with van der Waals surface area (Å²) >= 11 is 0. The third-order valence-electron chi connectivity index (χ3n) is 3.46. The number of alkyl carbamates (subject to hydrolysis) is 1. The van der Waals surface area contributed by atoms with Gasteiger partial charge in [-0.25, -0.2) is 4.79 Å². The number of hydrogen-bond acceptors (Lipinski definition) is 5. The zero-order valence-electron chi connectivity index (χ0n) is 15.7. The van der Waals surface area contributed by atoms with Crippen molar-refractivity contribution in [3.8, 4) is 0 Å². The van der Waals surface area contributed by atoms with Crippen LogP contribution in [0.4, 0.5) is 4.79 Å². The third kappa shape index (κ3) is 8.88. The second-order valence-corrected chi connectivity index (χ2v) is 8.82. The maximum Gasteiger partial charge on any atom is 0.407 e. The molecule has 0 aliphatic heterocycles. The molecule has 1 N–H and O–H groups in total. The lowest BCUT2D eigenvalue weighted by Gasteiger charge is -2.20. The summed E-state index contributed by atoms with van der Waals surface area (Å²) in [7, 11) is -3.72. The minimum atomic E-state index is -3.72. The Labute approximate surface area is 151 Å². The predicted octanol–water partition coefficient (Wildman–Crippen LogP) is 3.64. The van der Waals surface area contributed by atoms with E-state index in [2.05, 4.69) is 5.32 Å². The summed E-state index contributed by atoms with van der Waals surface area (Å²) < 4.78 is 34.4. The minimum absolute atomic E-state index is 0.115. The highest BCUT2D eigenvalue weighted by molar-refractivity contribution is 7.86. The molecular formula is C18H29NO5S. The molecule has 1 rings (SSSR count). The first-order valence-corrected chi connectivity index (χ1v) is 9.83. The van der Waals surface area contributed by atoms with E-state index in [0.717, 1.165) is 5.56 Å². The van der Waals surface area contributed by atoms with Gasteiger partial charge in [-0.3, -0.25) is 4.18 Å². The van der Waals surface area contributed by atoms with Gasteiger partial charge in [-0.2, -0.15) is 8.42 Å². The molecule has 0 saturated carbocycles. The van der Waals surface area contributed by atoms with E-state index in [-0.39, 0.29) is 17.4 Å². The van der Waals surface area contributed by atoms with Gasteiger partial charge in [0.25, 0.3) is 10.1 Å². The molecule has 0 spiro atoms. The predicted molar refractivity (Wildman–Crippen MR) is 97.0 cm³/mol. The monoisotopic (exact) mass is 371 g/mol. The molecule has 0 aliphatic carbocycles. The van der Waals surface area contributed by atoms with Crippen LogP contribution in [0.5, 0.6) is 0 Å². The van der Waals surface area contributed by atoms with Crippen LogP contribution >= 0.6 is 0 Å². The first kappa shape index (κ1) is 21.4. The van der Waals surface area contributed by atoms with Gasteiger partial charge in [-0.1, -0.05) is 24.6 Å². The van der Waals surface area contributed by atoms with Crippen molar-refractivity contribution in [3.05, 3.63) is 29.8 Å². The van der Waals surface area contributed by atoms with Gasteiger partial charge in [0.1, 0.15) is 5.60 Å². The normalized spacial score (nSPS) is 13.3. The number of carbonyl (C=O) groups excluding carboxylic acids is 1. The average molecular weight is 371 g/mol. The fourth-order valence-electron chi connectivity index (χ4n) is 2.01. The second-order valence-electron chi connectivity index (χ2n) is 7.20. The lowest BCUT2D eigenvalue weighted by Crippen LogP contribution is -2.33. The Morgan fingerprint density at radius 1 is 1.16 bits per heavy atom. The maximum atomic E-state index is 12.1. The Balaban J connectivity index is 2.29. The van der Waals surface area contributed by atoms with Gasteiger partial charge in [0.05, 0.1) is 11.5 Å². The number of hydrogen-bond donors (Lipinski definition) is 1. The van der Waals surface area contributed by atoms with Crippen LogP contribution in [0.3, 0.4) is 0 Å². The van der Waals surface area contributed by atoms with Crippen LogP contribution in [0.25, 0.3) is 0 Å². The van der Waals surface area contributed by atoms with Gasteiger partial charge >= 0.3 is 6.09 Å². The molecule has 1 aromatic rings. The topological polar surface area (TPSA) is 81.7 Å². The van der Waals surface area contributed by atoms with E-state index in [1.54, 1.807) is 45.0 Å². The van der Waals surface area contributed by atoms with Crippen LogP contribution in [0.2, 0.25) is 0 Å². The Bertz CT molecular complexity index is 647. The second kappa shape index (κ2) is 9.20. The van der Waals surface area contributed by atoms with E-state index >= 15 is 0 Å². The molecule has 0 heterocycles. The first-order valence-electron chi connectivity index (χ1n) is 8.42. The number of amides is 1. The summed E-state index contributed by atoms with van der Waals surface area (Å²) in [6, 6.07) is 6.56. The van der Waals surface area contributed by atoms with E-state index in [1.165, 1.54) is 0 Å². The van der Waals surface area contributed by atoms with Gasteiger partial charge in [0.2, 0.25) is 0 Å². The number of aryl methyl sites for hydroxylation is 1. The van der Waals surface area contributed by atoms with Gasteiger partial charge in [-0.15, -0.1) is 0 Å². The molecule has 142 valence electrons. The molecule has 7 heteroatoms. The Morgan fingerprint density at radius 3 is 2.32 bits per heavy atom. The molecule has 0 fully saturated rings. The summed E-state index contributed by atoms with van der Waals surface area (Å²) in [6.45, 7) is 9.89. The van der Waals surface area contributed by atoms with Crippen LogP contribution in [0.15, 0.2) is 29.2 Å². The maximum absolute atomic E-state index is 12.1. The van der Waals surface area contributed by atoms with Gasteiger partial charge in [-0.05, 0) is 58.6 Å². The molecule has 1 atom stereocenters. The third-order valence-corrected chi connectivity index (χ3v) is 4.79. The molecule has 0 saturated heterocycles. The fourth-order valence-corrected chi connectivity index (χ4v) is 2.93. The molecule has 0 aliphatic rings. The highest BCUT2D eigenvalue weighted by atomic mass is 32.2. The SMILES string of the molecule is Cc1ccc(S(=O)(=O)OCCC(C)CCNC(=O)OC(C)(C)C)cc1. The largest absolute Gasteiger partial charge is 0.444 e. The number of benzene rings is 1. The average Bonchev–Trinajstić information content (AvgIpc) is 2.45. The van der Waals surface area contributed by atoms with Crippen molar-refractivity contribution in [3.63, 3.8) is 0 Å². The molecule has 25 heavy (non-hydrogen) atoms. The molecule has 6 nitrogen and oxygen atoms in total. The van der Waals surface area contributed by atoms with E-state index in [4.69, 9.17) is 8.92 Å². The quantitative estimate of drug-likeness (QED) is 0.706. The van der Waals surface area contributed by atoms with Crippen molar-refractivity contribution in [1.29, 1.82) is 0 Å². The summed E-state index contributed by atoms with van der Waals surface area (Å²) in [5, 5.41) is 2.69. The molecule has 1 unspecified atom stereocenters. The smallest absolute Gasteiger partial charge is 0.407 e. The fraction of sp³-hybridized carbons (Fsp3) is 0.611. The summed E-state index contributed by atoms with van der Waals surface area (Å²) in [4.78, 5) is 11.7. The zero-order chi connectivity index (χ0) is 19.1. The van der Waals surface area contributed by atoms with Crippen LogP contribution in [0, 0.1) is 12.8 Å². The number of ether oxygens (including phenoxy) is 1. The van der Waals surface area contributed by atoms with E-state index in [0.29, 0.717) is 19.4 Å². The standard InChI is InChI=1S/C18H29NO5S/c1-14-6-8-16(9-7-14)25(21,22)23-13-11-15(2)10-12-19-17(20)24-18(3,4)5/h6-9,15H,10-13H2,1-5H3,(H,19,20). The molecule has 0 bridgehead atoms. The minimum Gasteiger partial charge on any atom is -0.444 e. The number of rotatable bonds is 8. The lowest BCUT2D eigenvalue weighted by molar-refractivity contribution is 0.0525. The first-order chi connectivity index (χ1) is 11.5. The highest BCUT2D eigenvalue weighted by Gasteiger charge is 2.17. The van der Waals surface area contributed by atoms with Crippen molar-refractivity contribution in [2.75, 3.05) is 13.2 Å². The van der Waals surface area contributed by atoms with Crippen molar-refractivity contribution in [1.82, 2.24) is 5.32 Å². The molecule has 1 amide bonds. The van der Waals surface area contributed by atoms with Crippen LogP contribution in [0.1, 0.15) is 46.1 Å². The van der Waals surface area contributed by atoms with Crippen LogP contribution in [-0.2, 0) is 19.0 Å². The van der Waals surface area contributed by atoms with E-state index < -0.39 is 21.8 Å². The summed E-state index contributed by atoms with van der Waals surface area (Å²) in [6.07, 6.45) is 0.853. The van der Waals surface area contributed by atoms with Gasteiger partial charge in [0, 0.05) is 6.54 Å². The molecule has 1 aromatic carbocycles. The van der Waals surface area contributed by atoms with Crippen molar-refractivity contribution in [2.45, 2.75) is 58.0 Å². The van der Waals surface area contributed by atoms with Crippen molar-refractivity contribution >= 4 is 16.2 Å². The number of nitrogens with one attached hydrogen (secondary N) is 1. The van der Waals surface area contributed by atoms with E-state index in [9.17, 15) is 13.2 Å². The van der Waals surface area contributed by atoms with Crippen molar-refractivity contribution < 1.29 is 22.1 Å². The zero-order valence-corrected chi connectivity index (χ0v) is 16.5. The lowest BCUT2D eigenvalue weighted by atomic mass is 10.1. The van der Waals surface area contributed by atoms with Gasteiger partial charge < -0.3 is 10.1 Å². The summed E-state index contributed by atoms with van der Waals surface area (Å²) in [5.74, 6) is 0.211. The van der Waals surface area contributed by atoms with Crippen LogP contribution in [-0.4, -0.2) is 33.3 Å². The summed E-state index contributed by atoms with van der Waals surface area (Å²) in [5.41, 5.74) is 0.471. The molecule has 0 aromatic heterocycles. The van der Waals surface area contributed by atoms with E-state index in [1.807, 2.05) is 13.8 Å². The van der Waals surface area contributed by atoms with Crippen LogP contribution < -0.4 is 5.32 Å².